The van der Waals surface area contributed by atoms with Crippen LogP contribution < -0.4 is 0 Å². The van der Waals surface area contributed by atoms with Crippen LogP contribution in [0.25, 0.3) is 0 Å². The summed E-state index contributed by atoms with van der Waals surface area (Å²) in [5, 5.41) is 0. The van der Waals surface area contributed by atoms with Gasteiger partial charge in [0, 0.05) is 25.9 Å². The van der Waals surface area contributed by atoms with Gasteiger partial charge in [-0.15, -0.1) is 0 Å². The number of hydrogen-bond acceptors (Lipinski definition) is 3. The van der Waals surface area contributed by atoms with E-state index in [9.17, 15) is 22.8 Å². The van der Waals surface area contributed by atoms with Gasteiger partial charge < -0.3 is 9.64 Å². The topological polar surface area (TPSA) is 46.6 Å². The average molecular weight is 253 g/mol. The van der Waals surface area contributed by atoms with Crippen LogP contribution in [0.4, 0.5) is 18.0 Å². The summed E-state index contributed by atoms with van der Waals surface area (Å²) in [5.74, 6) is 0.00383. The van der Waals surface area contributed by atoms with Crippen LogP contribution in [0.2, 0.25) is 0 Å². The summed E-state index contributed by atoms with van der Waals surface area (Å²) >= 11 is 0. The maximum Gasteiger partial charge on any atom is 0.427 e. The molecule has 1 amide bonds. The quantitative estimate of drug-likeness (QED) is 0.719. The van der Waals surface area contributed by atoms with Crippen LogP contribution in [-0.2, 0) is 9.53 Å². The molecule has 0 aromatic rings. The number of carbonyl (C=O) groups excluding carboxylic acids is 2. The summed E-state index contributed by atoms with van der Waals surface area (Å²) in [6, 6.07) is 0. The minimum atomic E-state index is -4.62. The highest BCUT2D eigenvalue weighted by Crippen LogP contribution is 2.33. The van der Waals surface area contributed by atoms with E-state index in [1.54, 1.807) is 0 Å². The molecule has 1 fully saturated rings. The Kier molecular flexibility index (Phi) is 3.68. The van der Waals surface area contributed by atoms with Gasteiger partial charge in [-0.2, -0.15) is 13.2 Å². The van der Waals surface area contributed by atoms with Crippen LogP contribution in [0.1, 0.15) is 26.7 Å². The molecule has 0 bridgehead atoms. The van der Waals surface area contributed by atoms with Crippen molar-refractivity contribution in [1.29, 1.82) is 0 Å². The van der Waals surface area contributed by atoms with E-state index in [4.69, 9.17) is 0 Å². The van der Waals surface area contributed by atoms with Gasteiger partial charge in [-0.05, 0) is 13.8 Å². The average Bonchev–Trinajstić information content (AvgIpc) is 2.16. The van der Waals surface area contributed by atoms with Crippen molar-refractivity contribution in [3.05, 3.63) is 0 Å². The van der Waals surface area contributed by atoms with E-state index in [0.29, 0.717) is 0 Å². The summed E-state index contributed by atoms with van der Waals surface area (Å²) in [7, 11) is 0. The standard InChI is InChI=1S/C10H14F3NO3/c1-9(2,10(11,12)13)17-8(16)14-5-3-7(15)4-6-14/h3-6H2,1-2H3. The van der Waals surface area contributed by atoms with Crippen molar-refractivity contribution in [3.8, 4) is 0 Å². The van der Waals surface area contributed by atoms with Gasteiger partial charge in [0.2, 0.25) is 5.60 Å². The van der Waals surface area contributed by atoms with Crippen molar-refractivity contribution in [2.45, 2.75) is 38.5 Å². The number of halogens is 3. The normalized spacial score (nSPS) is 18.2. The third kappa shape index (κ3) is 3.34. The van der Waals surface area contributed by atoms with Crippen molar-refractivity contribution in [1.82, 2.24) is 4.90 Å². The SMILES string of the molecule is CC(C)(OC(=O)N1CCC(=O)CC1)C(F)(F)F. The second-order valence-corrected chi connectivity index (χ2v) is 4.40. The Balaban J connectivity index is 2.58. The van der Waals surface area contributed by atoms with Crippen LogP contribution in [0.5, 0.6) is 0 Å². The lowest BCUT2D eigenvalue weighted by Crippen LogP contribution is -2.48. The largest absolute Gasteiger partial charge is 0.434 e. The monoisotopic (exact) mass is 253 g/mol. The van der Waals surface area contributed by atoms with E-state index >= 15 is 0 Å². The highest BCUT2D eigenvalue weighted by Gasteiger charge is 2.51. The molecule has 1 aliphatic heterocycles. The Morgan fingerprint density at radius 3 is 2.12 bits per heavy atom. The van der Waals surface area contributed by atoms with E-state index < -0.39 is 17.9 Å². The third-order valence-electron chi connectivity index (χ3n) is 2.60. The van der Waals surface area contributed by atoms with Gasteiger partial charge in [-0.1, -0.05) is 0 Å². The molecule has 4 nitrogen and oxygen atoms in total. The molecule has 1 saturated heterocycles. The molecule has 0 saturated carbocycles. The fourth-order valence-electron chi connectivity index (χ4n) is 1.28. The van der Waals surface area contributed by atoms with Gasteiger partial charge in [-0.25, -0.2) is 4.79 Å². The molecule has 0 atom stereocenters. The zero-order chi connectivity index (χ0) is 13.3. The number of alkyl halides is 3. The van der Waals surface area contributed by atoms with Gasteiger partial charge in [0.15, 0.2) is 0 Å². The number of piperidine rings is 1. The van der Waals surface area contributed by atoms with Gasteiger partial charge >= 0.3 is 12.3 Å². The maximum atomic E-state index is 12.5. The molecular formula is C10H14F3NO3. The number of Topliss-reactive ketones (excluding diaryl/α,β-unsaturated/α-hetero) is 1. The van der Waals surface area contributed by atoms with E-state index in [1.807, 2.05) is 0 Å². The molecule has 7 heteroatoms. The zero-order valence-electron chi connectivity index (χ0n) is 9.63. The maximum absolute atomic E-state index is 12.5. The van der Waals surface area contributed by atoms with Gasteiger partial charge in [0.1, 0.15) is 5.78 Å². The molecule has 0 aliphatic carbocycles. The minimum Gasteiger partial charge on any atom is -0.434 e. The summed E-state index contributed by atoms with van der Waals surface area (Å²) in [6.07, 6.45) is -5.31. The Labute approximate surface area is 96.7 Å². The summed E-state index contributed by atoms with van der Waals surface area (Å²) in [4.78, 5) is 23.5. The third-order valence-corrected chi connectivity index (χ3v) is 2.60. The smallest absolute Gasteiger partial charge is 0.427 e. The van der Waals surface area contributed by atoms with Crippen molar-refractivity contribution >= 4 is 11.9 Å². The molecule has 0 aromatic heterocycles. The zero-order valence-corrected chi connectivity index (χ0v) is 9.63. The summed E-state index contributed by atoms with van der Waals surface area (Å²) in [6.45, 7) is 1.82. The second-order valence-electron chi connectivity index (χ2n) is 4.40. The van der Waals surface area contributed by atoms with Crippen LogP contribution in [0.15, 0.2) is 0 Å². The molecule has 17 heavy (non-hydrogen) atoms. The van der Waals surface area contributed by atoms with Gasteiger partial charge in [0.25, 0.3) is 0 Å². The fraction of sp³-hybridized carbons (Fsp3) is 0.800. The summed E-state index contributed by atoms with van der Waals surface area (Å²) in [5.41, 5.74) is -2.52. The number of rotatable bonds is 1. The Morgan fingerprint density at radius 2 is 1.71 bits per heavy atom. The van der Waals surface area contributed by atoms with Crippen molar-refractivity contribution in [2.75, 3.05) is 13.1 Å². The van der Waals surface area contributed by atoms with Crippen LogP contribution in [0.3, 0.4) is 0 Å². The van der Waals surface area contributed by atoms with Crippen LogP contribution >= 0.6 is 0 Å². The molecule has 1 heterocycles. The Morgan fingerprint density at radius 1 is 1.24 bits per heavy atom. The fourth-order valence-corrected chi connectivity index (χ4v) is 1.28. The van der Waals surface area contributed by atoms with E-state index in [2.05, 4.69) is 4.74 Å². The lowest BCUT2D eigenvalue weighted by atomic mass is 10.1. The minimum absolute atomic E-state index is 0.00383. The Bertz CT molecular complexity index is 315. The number of amides is 1. The highest BCUT2D eigenvalue weighted by molar-refractivity contribution is 5.81. The molecule has 0 unspecified atom stereocenters. The molecule has 98 valence electrons. The molecule has 1 aliphatic rings. The first-order valence-corrected chi connectivity index (χ1v) is 5.20. The molecule has 0 spiro atoms. The predicted molar refractivity (Wildman–Crippen MR) is 52.4 cm³/mol. The number of hydrogen-bond donors (Lipinski definition) is 0. The molecule has 1 rings (SSSR count). The van der Waals surface area contributed by atoms with E-state index in [0.717, 1.165) is 18.7 Å². The first-order valence-electron chi connectivity index (χ1n) is 5.20. The molecule has 0 radical (unpaired) electrons. The van der Waals surface area contributed by atoms with Crippen LogP contribution in [-0.4, -0.2) is 41.6 Å². The number of nitrogens with zero attached hydrogens (tertiary/aromatic N) is 1. The summed E-state index contributed by atoms with van der Waals surface area (Å²) < 4.78 is 41.8. The number of likely N-dealkylation sites (tertiary alicyclic amines) is 1. The number of carbonyl (C=O) groups is 2. The molecule has 0 N–H and O–H groups in total. The second kappa shape index (κ2) is 4.54. The van der Waals surface area contributed by atoms with Crippen LogP contribution in [0, 0.1) is 0 Å². The molecular weight excluding hydrogens is 239 g/mol. The van der Waals surface area contributed by atoms with Crippen molar-refractivity contribution in [3.63, 3.8) is 0 Å². The van der Waals surface area contributed by atoms with E-state index in [1.165, 1.54) is 0 Å². The first kappa shape index (κ1) is 13.8. The van der Waals surface area contributed by atoms with Crippen molar-refractivity contribution in [2.24, 2.45) is 0 Å². The Hall–Kier alpha value is -1.27. The van der Waals surface area contributed by atoms with Gasteiger partial charge in [-0.3, -0.25) is 4.79 Å². The van der Waals surface area contributed by atoms with Crippen molar-refractivity contribution < 1.29 is 27.5 Å². The molecule has 0 aromatic carbocycles. The lowest BCUT2D eigenvalue weighted by Gasteiger charge is -2.32. The predicted octanol–water partition coefficient (Wildman–Crippen LogP) is 2.13. The lowest BCUT2D eigenvalue weighted by molar-refractivity contribution is -0.246. The highest BCUT2D eigenvalue weighted by atomic mass is 19.4. The number of ether oxygens (including phenoxy) is 1. The van der Waals surface area contributed by atoms with E-state index in [-0.39, 0.29) is 31.7 Å². The van der Waals surface area contributed by atoms with Gasteiger partial charge in [0.05, 0.1) is 0 Å². The first-order chi connectivity index (χ1) is 7.63. The number of ketones is 1.